The van der Waals surface area contributed by atoms with Crippen LogP contribution in [0.5, 0.6) is 0 Å². The van der Waals surface area contributed by atoms with Crippen LogP contribution in [0.3, 0.4) is 0 Å². The second-order valence-electron chi connectivity index (χ2n) is 3.89. The highest BCUT2D eigenvalue weighted by atomic mass is 16.4. The zero-order valence-corrected chi connectivity index (χ0v) is 9.09. The molecule has 0 aromatic heterocycles. The van der Waals surface area contributed by atoms with Gasteiger partial charge in [-0.1, -0.05) is 6.92 Å². The highest BCUT2D eigenvalue weighted by molar-refractivity contribution is 5.67. The Balaban J connectivity index is 3.63. The zero-order chi connectivity index (χ0) is 11.8. The van der Waals surface area contributed by atoms with Crippen molar-refractivity contribution in [1.82, 2.24) is 0 Å². The Morgan fingerprint density at radius 2 is 1.87 bits per heavy atom. The summed E-state index contributed by atoms with van der Waals surface area (Å²) in [7, 11) is 0. The van der Waals surface area contributed by atoms with Crippen LogP contribution in [0.1, 0.15) is 39.0 Å². The van der Waals surface area contributed by atoms with Gasteiger partial charge in [0.1, 0.15) is 0 Å². The highest BCUT2D eigenvalue weighted by Crippen LogP contribution is 2.09. The number of nitrogens with two attached hydrogens (primary N) is 1. The van der Waals surface area contributed by atoms with Crippen molar-refractivity contribution in [2.45, 2.75) is 57.3 Å². The lowest BCUT2D eigenvalue weighted by atomic mass is 10.0. The molecule has 0 saturated carbocycles. The largest absolute Gasteiger partial charge is 0.481 e. The first-order valence-electron chi connectivity index (χ1n) is 5.29. The molecule has 0 aliphatic heterocycles. The fraction of sp³-hybridized carbons (Fsp3) is 0.900. The van der Waals surface area contributed by atoms with Crippen LogP contribution in [0.15, 0.2) is 0 Å². The Morgan fingerprint density at radius 3 is 2.33 bits per heavy atom. The predicted molar refractivity (Wildman–Crippen MR) is 56.4 cm³/mol. The zero-order valence-electron chi connectivity index (χ0n) is 9.09. The summed E-state index contributed by atoms with van der Waals surface area (Å²) in [5.41, 5.74) is 5.69. The Bertz CT molecular complexity index is 186. The van der Waals surface area contributed by atoms with Crippen LogP contribution in [0.4, 0.5) is 0 Å². The van der Waals surface area contributed by atoms with Gasteiger partial charge >= 0.3 is 5.97 Å². The van der Waals surface area contributed by atoms with Gasteiger partial charge in [-0.15, -0.1) is 0 Å². The average Bonchev–Trinajstić information content (AvgIpc) is 2.12. The number of rotatable bonds is 8. The van der Waals surface area contributed by atoms with Crippen molar-refractivity contribution in [3.8, 4) is 0 Å². The molecule has 0 bridgehead atoms. The summed E-state index contributed by atoms with van der Waals surface area (Å²) in [6.07, 6.45) is 0.629. The summed E-state index contributed by atoms with van der Waals surface area (Å²) in [5, 5.41) is 27.0. The topological polar surface area (TPSA) is 104 Å². The molecule has 3 unspecified atom stereocenters. The van der Waals surface area contributed by atoms with E-state index in [1.165, 1.54) is 0 Å². The maximum absolute atomic E-state index is 10.3. The molecule has 0 radical (unpaired) electrons. The average molecular weight is 219 g/mol. The lowest BCUT2D eigenvalue weighted by molar-refractivity contribution is -0.139. The third kappa shape index (κ3) is 8.35. The molecule has 15 heavy (non-hydrogen) atoms. The quantitative estimate of drug-likeness (QED) is 0.463. The van der Waals surface area contributed by atoms with Gasteiger partial charge < -0.3 is 21.1 Å². The van der Waals surface area contributed by atoms with Gasteiger partial charge in [0.15, 0.2) is 0 Å². The van der Waals surface area contributed by atoms with Gasteiger partial charge in [-0.25, -0.2) is 0 Å². The lowest BCUT2D eigenvalue weighted by Gasteiger charge is -2.16. The van der Waals surface area contributed by atoms with Crippen LogP contribution < -0.4 is 5.73 Å². The SMILES string of the molecule is CCC(O)CCC(N)CC(O)CC(=O)O. The lowest BCUT2D eigenvalue weighted by Crippen LogP contribution is -2.28. The molecule has 0 fully saturated rings. The van der Waals surface area contributed by atoms with E-state index in [0.29, 0.717) is 19.3 Å². The van der Waals surface area contributed by atoms with Gasteiger partial charge in [0, 0.05) is 6.04 Å². The van der Waals surface area contributed by atoms with Gasteiger partial charge in [0.2, 0.25) is 0 Å². The number of hydrogen-bond acceptors (Lipinski definition) is 4. The molecular weight excluding hydrogens is 198 g/mol. The number of aliphatic carboxylic acids is 1. The summed E-state index contributed by atoms with van der Waals surface area (Å²) in [6.45, 7) is 1.88. The molecule has 90 valence electrons. The van der Waals surface area contributed by atoms with Crippen molar-refractivity contribution in [3.63, 3.8) is 0 Å². The fourth-order valence-electron chi connectivity index (χ4n) is 1.36. The maximum atomic E-state index is 10.3. The number of carboxylic acids is 1. The minimum atomic E-state index is -1.02. The third-order valence-corrected chi connectivity index (χ3v) is 2.33. The normalized spacial score (nSPS) is 17.1. The van der Waals surface area contributed by atoms with E-state index in [-0.39, 0.29) is 25.0 Å². The van der Waals surface area contributed by atoms with Crippen molar-refractivity contribution in [1.29, 1.82) is 0 Å². The van der Waals surface area contributed by atoms with Gasteiger partial charge in [-0.2, -0.15) is 0 Å². The summed E-state index contributed by atoms with van der Waals surface area (Å²) in [4.78, 5) is 10.3. The molecular formula is C10H21NO4. The van der Waals surface area contributed by atoms with E-state index in [1.54, 1.807) is 0 Å². The van der Waals surface area contributed by atoms with E-state index in [9.17, 15) is 15.0 Å². The van der Waals surface area contributed by atoms with Gasteiger partial charge in [-0.05, 0) is 25.7 Å². The molecule has 0 saturated heterocycles. The smallest absolute Gasteiger partial charge is 0.305 e. The molecule has 5 N–H and O–H groups in total. The van der Waals surface area contributed by atoms with E-state index in [4.69, 9.17) is 10.8 Å². The van der Waals surface area contributed by atoms with E-state index >= 15 is 0 Å². The molecule has 5 heteroatoms. The van der Waals surface area contributed by atoms with Crippen molar-refractivity contribution < 1.29 is 20.1 Å². The number of aliphatic hydroxyl groups excluding tert-OH is 2. The van der Waals surface area contributed by atoms with Crippen molar-refractivity contribution in [3.05, 3.63) is 0 Å². The van der Waals surface area contributed by atoms with Crippen LogP contribution in [0, 0.1) is 0 Å². The first kappa shape index (κ1) is 14.3. The van der Waals surface area contributed by atoms with E-state index in [2.05, 4.69) is 0 Å². The summed E-state index contributed by atoms with van der Waals surface area (Å²) < 4.78 is 0. The molecule has 5 nitrogen and oxygen atoms in total. The highest BCUT2D eigenvalue weighted by Gasteiger charge is 2.14. The van der Waals surface area contributed by atoms with E-state index in [0.717, 1.165) is 0 Å². The molecule has 0 aromatic rings. The molecule has 3 atom stereocenters. The maximum Gasteiger partial charge on any atom is 0.305 e. The molecule has 0 aliphatic rings. The minimum absolute atomic E-state index is 0.249. The molecule has 0 amide bonds. The molecule has 0 rings (SSSR count). The second kappa shape index (κ2) is 7.62. The number of carboxylic acid groups (broad SMARTS) is 1. The monoisotopic (exact) mass is 219 g/mol. The first-order chi connectivity index (χ1) is 6.95. The summed E-state index contributed by atoms with van der Waals surface area (Å²) in [6, 6.07) is -0.249. The minimum Gasteiger partial charge on any atom is -0.481 e. The first-order valence-corrected chi connectivity index (χ1v) is 5.29. The molecule has 0 spiro atoms. The Kier molecular flexibility index (Phi) is 7.29. The van der Waals surface area contributed by atoms with Crippen LogP contribution in [0.25, 0.3) is 0 Å². The number of hydrogen-bond donors (Lipinski definition) is 4. The Hall–Kier alpha value is -0.650. The Labute approximate surface area is 89.9 Å². The number of carbonyl (C=O) groups is 1. The molecule has 0 aliphatic carbocycles. The van der Waals surface area contributed by atoms with E-state index in [1.807, 2.05) is 6.92 Å². The molecule has 0 aromatic carbocycles. The van der Waals surface area contributed by atoms with Crippen LogP contribution in [-0.4, -0.2) is 39.5 Å². The van der Waals surface area contributed by atoms with Crippen LogP contribution in [0.2, 0.25) is 0 Å². The molecule has 0 heterocycles. The number of aliphatic hydroxyl groups is 2. The second-order valence-corrected chi connectivity index (χ2v) is 3.89. The van der Waals surface area contributed by atoms with Crippen molar-refractivity contribution >= 4 is 5.97 Å². The third-order valence-electron chi connectivity index (χ3n) is 2.33. The van der Waals surface area contributed by atoms with Gasteiger partial charge in [-0.3, -0.25) is 4.79 Å². The van der Waals surface area contributed by atoms with Crippen LogP contribution in [-0.2, 0) is 4.79 Å². The Morgan fingerprint density at radius 1 is 1.27 bits per heavy atom. The van der Waals surface area contributed by atoms with Gasteiger partial charge in [0.05, 0.1) is 18.6 Å². The fourth-order valence-corrected chi connectivity index (χ4v) is 1.36. The summed E-state index contributed by atoms with van der Waals surface area (Å²) in [5.74, 6) is -1.02. The predicted octanol–water partition coefficient (Wildman–Crippen LogP) is 0.0905. The van der Waals surface area contributed by atoms with E-state index < -0.39 is 12.1 Å². The van der Waals surface area contributed by atoms with Crippen molar-refractivity contribution in [2.75, 3.05) is 0 Å². The van der Waals surface area contributed by atoms with Gasteiger partial charge in [0.25, 0.3) is 0 Å². The van der Waals surface area contributed by atoms with Crippen LogP contribution >= 0.6 is 0 Å². The summed E-state index contributed by atoms with van der Waals surface area (Å²) >= 11 is 0. The van der Waals surface area contributed by atoms with Crippen molar-refractivity contribution in [2.24, 2.45) is 5.73 Å². The standard InChI is InChI=1S/C10H21NO4/c1-2-8(12)4-3-7(11)5-9(13)6-10(14)15/h7-9,12-13H,2-6,11H2,1H3,(H,14,15).